The molecule has 2 aromatic heterocycles. The van der Waals surface area contributed by atoms with Crippen LogP contribution in [-0.4, -0.2) is 51.4 Å². The third-order valence-corrected chi connectivity index (χ3v) is 3.62. The average Bonchev–Trinajstić information content (AvgIpc) is 3.03. The van der Waals surface area contributed by atoms with Gasteiger partial charge in [0, 0.05) is 32.0 Å². The van der Waals surface area contributed by atoms with E-state index < -0.39 is 0 Å². The third-order valence-electron chi connectivity index (χ3n) is 3.62. The lowest BCUT2D eigenvalue weighted by atomic mass is 10.3. The van der Waals surface area contributed by atoms with Crippen LogP contribution in [0.25, 0.3) is 11.5 Å². The van der Waals surface area contributed by atoms with Crippen LogP contribution in [0.15, 0.2) is 18.5 Å². The van der Waals surface area contributed by atoms with Crippen molar-refractivity contribution in [2.24, 2.45) is 0 Å². The molecule has 6 nitrogen and oxygen atoms in total. The predicted molar refractivity (Wildman–Crippen MR) is 78.3 cm³/mol. The van der Waals surface area contributed by atoms with E-state index in [1.54, 1.807) is 0 Å². The number of fused-ring (bicyclic) bond motifs is 1. The van der Waals surface area contributed by atoms with Crippen molar-refractivity contribution in [1.29, 1.82) is 0 Å². The maximum Gasteiger partial charge on any atom is 0.160 e. The van der Waals surface area contributed by atoms with Gasteiger partial charge in [0.05, 0.1) is 12.2 Å². The highest BCUT2D eigenvalue weighted by atomic mass is 15.3. The van der Waals surface area contributed by atoms with Crippen LogP contribution in [0.1, 0.15) is 12.1 Å². The smallest absolute Gasteiger partial charge is 0.160 e. The number of nitrogens with one attached hydrogen (secondary N) is 1. The Bertz CT molecular complexity index is 544. The first-order valence-electron chi connectivity index (χ1n) is 7.18. The van der Waals surface area contributed by atoms with E-state index >= 15 is 0 Å². The molecule has 108 valence electrons. The molecule has 0 aliphatic carbocycles. The molecule has 3 rings (SSSR count). The molecule has 20 heavy (non-hydrogen) atoms. The normalized spacial score (nSPS) is 14.8. The zero-order valence-electron chi connectivity index (χ0n) is 12.2. The monoisotopic (exact) mass is 274 g/mol. The summed E-state index contributed by atoms with van der Waals surface area (Å²) in [6, 6.07) is 2.15. The molecule has 0 saturated heterocycles. The summed E-state index contributed by atoms with van der Waals surface area (Å²) in [5.74, 6) is 0.977. The fraction of sp³-hybridized carbons (Fsp3) is 0.571. The van der Waals surface area contributed by atoms with Crippen LogP contribution < -0.4 is 5.32 Å². The number of hydrogen-bond acceptors (Lipinski definition) is 4. The van der Waals surface area contributed by atoms with E-state index in [0.29, 0.717) is 0 Å². The number of aromatic nitrogens is 4. The Hall–Kier alpha value is -1.66. The first kappa shape index (κ1) is 13.3. The van der Waals surface area contributed by atoms with Gasteiger partial charge in [-0.3, -0.25) is 4.68 Å². The summed E-state index contributed by atoms with van der Waals surface area (Å²) >= 11 is 0. The molecule has 0 fully saturated rings. The number of hydrogen-bond donors (Lipinski definition) is 1. The SMILES string of the molecule is CN(C)CCCn1ccnc1-c1cc2n(n1)CCNC2. The topological polar surface area (TPSA) is 50.9 Å². The molecule has 0 saturated carbocycles. The maximum absolute atomic E-state index is 4.68. The second-order valence-corrected chi connectivity index (χ2v) is 5.52. The van der Waals surface area contributed by atoms with Crippen LogP contribution in [0.3, 0.4) is 0 Å². The van der Waals surface area contributed by atoms with Gasteiger partial charge < -0.3 is 14.8 Å². The van der Waals surface area contributed by atoms with Gasteiger partial charge in [0.2, 0.25) is 0 Å². The molecular formula is C14H22N6. The van der Waals surface area contributed by atoms with E-state index in [-0.39, 0.29) is 0 Å². The lowest BCUT2D eigenvalue weighted by molar-refractivity contribution is 0.387. The minimum atomic E-state index is 0.897. The number of aryl methyl sites for hydroxylation is 1. The second-order valence-electron chi connectivity index (χ2n) is 5.52. The molecule has 1 aliphatic rings. The van der Waals surface area contributed by atoms with Gasteiger partial charge in [-0.1, -0.05) is 0 Å². The van der Waals surface area contributed by atoms with Crippen LogP contribution in [0, 0.1) is 0 Å². The highest BCUT2D eigenvalue weighted by Gasteiger charge is 2.15. The molecule has 0 bridgehead atoms. The molecule has 6 heteroatoms. The standard InChI is InChI=1S/C14H22N6/c1-18(2)6-3-7-19-8-5-16-14(19)13-10-12-11-15-4-9-20(12)17-13/h5,8,10,15H,3-4,6-7,9,11H2,1-2H3. The number of nitrogens with zero attached hydrogens (tertiary/aromatic N) is 5. The van der Waals surface area contributed by atoms with Crippen LogP contribution in [-0.2, 0) is 19.6 Å². The van der Waals surface area contributed by atoms with Crippen molar-refractivity contribution in [3.8, 4) is 11.5 Å². The lowest BCUT2D eigenvalue weighted by Gasteiger charge is -2.13. The fourth-order valence-corrected chi connectivity index (χ4v) is 2.58. The zero-order valence-corrected chi connectivity index (χ0v) is 12.2. The first-order chi connectivity index (χ1) is 9.74. The number of rotatable bonds is 5. The molecule has 3 heterocycles. The van der Waals surface area contributed by atoms with Gasteiger partial charge in [0.1, 0.15) is 5.69 Å². The Balaban J connectivity index is 1.76. The van der Waals surface area contributed by atoms with Gasteiger partial charge in [-0.15, -0.1) is 0 Å². The van der Waals surface area contributed by atoms with Gasteiger partial charge >= 0.3 is 0 Å². The second kappa shape index (κ2) is 5.76. The van der Waals surface area contributed by atoms with Crippen molar-refractivity contribution in [3.05, 3.63) is 24.2 Å². The Kier molecular flexibility index (Phi) is 3.84. The van der Waals surface area contributed by atoms with Gasteiger partial charge in [-0.25, -0.2) is 4.98 Å². The summed E-state index contributed by atoms with van der Waals surface area (Å²) in [6.45, 7) is 4.89. The molecule has 0 atom stereocenters. The van der Waals surface area contributed by atoms with Crippen LogP contribution in [0.5, 0.6) is 0 Å². The van der Waals surface area contributed by atoms with E-state index in [0.717, 1.165) is 50.7 Å². The van der Waals surface area contributed by atoms with Crippen molar-refractivity contribution in [2.45, 2.75) is 26.1 Å². The summed E-state index contributed by atoms with van der Waals surface area (Å²) in [5.41, 5.74) is 2.23. The summed E-state index contributed by atoms with van der Waals surface area (Å²) in [5, 5.41) is 8.05. The molecule has 0 amide bonds. The minimum Gasteiger partial charge on any atom is -0.330 e. The summed E-state index contributed by atoms with van der Waals surface area (Å²) in [7, 11) is 4.20. The Labute approximate surface area is 119 Å². The Morgan fingerprint density at radius 2 is 2.30 bits per heavy atom. The predicted octanol–water partition coefficient (Wildman–Crippen LogP) is 0.801. The first-order valence-corrected chi connectivity index (χ1v) is 7.18. The molecule has 0 radical (unpaired) electrons. The van der Waals surface area contributed by atoms with E-state index in [2.05, 4.69) is 49.7 Å². The van der Waals surface area contributed by atoms with E-state index in [1.165, 1.54) is 5.69 Å². The highest BCUT2D eigenvalue weighted by molar-refractivity contribution is 5.50. The van der Waals surface area contributed by atoms with Crippen molar-refractivity contribution >= 4 is 0 Å². The van der Waals surface area contributed by atoms with Crippen LogP contribution >= 0.6 is 0 Å². The van der Waals surface area contributed by atoms with E-state index in [4.69, 9.17) is 0 Å². The zero-order chi connectivity index (χ0) is 13.9. The van der Waals surface area contributed by atoms with Gasteiger partial charge in [-0.2, -0.15) is 5.10 Å². The van der Waals surface area contributed by atoms with Crippen LogP contribution in [0.2, 0.25) is 0 Å². The Morgan fingerprint density at radius 1 is 1.40 bits per heavy atom. The molecule has 2 aromatic rings. The van der Waals surface area contributed by atoms with Crippen molar-refractivity contribution in [2.75, 3.05) is 27.2 Å². The van der Waals surface area contributed by atoms with E-state index in [9.17, 15) is 0 Å². The molecule has 0 spiro atoms. The van der Waals surface area contributed by atoms with Gasteiger partial charge in [-0.05, 0) is 33.1 Å². The highest BCUT2D eigenvalue weighted by Crippen LogP contribution is 2.19. The summed E-state index contributed by atoms with van der Waals surface area (Å²) in [4.78, 5) is 6.69. The molecule has 1 N–H and O–H groups in total. The summed E-state index contributed by atoms with van der Waals surface area (Å²) < 4.78 is 4.29. The van der Waals surface area contributed by atoms with Crippen LogP contribution in [0.4, 0.5) is 0 Å². The van der Waals surface area contributed by atoms with Gasteiger partial charge in [0.25, 0.3) is 0 Å². The Morgan fingerprint density at radius 3 is 3.10 bits per heavy atom. The van der Waals surface area contributed by atoms with Crippen molar-refractivity contribution < 1.29 is 0 Å². The maximum atomic E-state index is 4.68. The lowest BCUT2D eigenvalue weighted by Crippen LogP contribution is -2.28. The quantitative estimate of drug-likeness (QED) is 0.876. The summed E-state index contributed by atoms with van der Waals surface area (Å²) in [6.07, 6.45) is 5.02. The largest absolute Gasteiger partial charge is 0.330 e. The molecular weight excluding hydrogens is 252 g/mol. The van der Waals surface area contributed by atoms with E-state index in [1.807, 2.05) is 12.4 Å². The van der Waals surface area contributed by atoms with Crippen molar-refractivity contribution in [1.82, 2.24) is 29.5 Å². The van der Waals surface area contributed by atoms with Gasteiger partial charge in [0.15, 0.2) is 5.82 Å². The third kappa shape index (κ3) is 2.76. The minimum absolute atomic E-state index is 0.897. The number of imidazole rings is 1. The molecule has 1 aliphatic heterocycles. The molecule has 0 unspecified atom stereocenters. The molecule has 0 aromatic carbocycles. The van der Waals surface area contributed by atoms with Crippen molar-refractivity contribution in [3.63, 3.8) is 0 Å². The fourth-order valence-electron chi connectivity index (χ4n) is 2.58. The average molecular weight is 274 g/mol.